The Balaban J connectivity index is 1.97. The van der Waals surface area contributed by atoms with E-state index in [-0.39, 0.29) is 6.61 Å². The number of ether oxygens (including phenoxy) is 3. The quantitative estimate of drug-likeness (QED) is 0.844. The van der Waals surface area contributed by atoms with Gasteiger partial charge in [0.1, 0.15) is 17.8 Å². The van der Waals surface area contributed by atoms with E-state index in [0.29, 0.717) is 0 Å². The first-order valence-electron chi connectivity index (χ1n) is 8.65. The van der Waals surface area contributed by atoms with Crippen LogP contribution in [0.25, 0.3) is 0 Å². The number of hydrogen-bond donors (Lipinski definition) is 1. The van der Waals surface area contributed by atoms with Gasteiger partial charge in [-0.05, 0) is 40.2 Å². The zero-order chi connectivity index (χ0) is 18.4. The monoisotopic (exact) mass is 349 g/mol. The topological polar surface area (TPSA) is 68.2 Å². The Morgan fingerprint density at radius 2 is 1.92 bits per heavy atom. The van der Waals surface area contributed by atoms with Crippen LogP contribution in [-0.2, 0) is 14.2 Å². The molecule has 1 N–H and O–H groups in total. The molecule has 0 aliphatic carbocycles. The largest absolute Gasteiger partial charge is 0.444 e. The molecule has 2 aliphatic rings. The highest BCUT2D eigenvalue weighted by Crippen LogP contribution is 2.43. The average Bonchev–Trinajstić information content (AvgIpc) is 2.78. The summed E-state index contributed by atoms with van der Waals surface area (Å²) < 4.78 is 17.3. The number of fused-ring (bicyclic) bond motifs is 1. The van der Waals surface area contributed by atoms with Gasteiger partial charge in [0.2, 0.25) is 0 Å². The lowest BCUT2D eigenvalue weighted by atomic mass is 10.00. The molecule has 6 nitrogen and oxygen atoms in total. The van der Waals surface area contributed by atoms with Crippen LogP contribution in [-0.4, -0.2) is 52.3 Å². The Kier molecular flexibility index (Phi) is 4.56. The van der Waals surface area contributed by atoms with Crippen molar-refractivity contribution in [2.75, 3.05) is 6.61 Å². The molecule has 138 valence electrons. The summed E-state index contributed by atoms with van der Waals surface area (Å²) in [5.41, 5.74) is 0.216. The Bertz CT molecular complexity index is 624. The van der Waals surface area contributed by atoms with Crippen molar-refractivity contribution >= 4 is 6.09 Å². The van der Waals surface area contributed by atoms with Gasteiger partial charge in [-0.1, -0.05) is 30.3 Å². The molecule has 2 aliphatic heterocycles. The molecular weight excluding hydrogens is 322 g/mol. The number of rotatable bonds is 1. The second kappa shape index (κ2) is 6.27. The first-order chi connectivity index (χ1) is 11.6. The van der Waals surface area contributed by atoms with Gasteiger partial charge in [0.05, 0.1) is 18.7 Å². The molecule has 25 heavy (non-hydrogen) atoms. The minimum atomic E-state index is -0.858. The maximum Gasteiger partial charge on any atom is 0.411 e. The van der Waals surface area contributed by atoms with Crippen molar-refractivity contribution in [3.8, 4) is 0 Å². The fourth-order valence-electron chi connectivity index (χ4n) is 3.48. The van der Waals surface area contributed by atoms with Gasteiger partial charge in [0.15, 0.2) is 5.79 Å². The molecule has 4 atom stereocenters. The highest BCUT2D eigenvalue weighted by atomic mass is 16.7. The maximum atomic E-state index is 12.9. The molecule has 0 spiro atoms. The third-order valence-corrected chi connectivity index (χ3v) is 4.46. The normalized spacial score (nSPS) is 31.5. The van der Waals surface area contributed by atoms with Crippen molar-refractivity contribution in [3.63, 3.8) is 0 Å². The zero-order valence-corrected chi connectivity index (χ0v) is 15.4. The van der Waals surface area contributed by atoms with Crippen LogP contribution in [0.5, 0.6) is 0 Å². The van der Waals surface area contributed by atoms with E-state index in [1.165, 1.54) is 0 Å². The van der Waals surface area contributed by atoms with Gasteiger partial charge < -0.3 is 19.3 Å². The fourth-order valence-corrected chi connectivity index (χ4v) is 3.48. The summed E-state index contributed by atoms with van der Waals surface area (Å²) in [7, 11) is 0. The van der Waals surface area contributed by atoms with Gasteiger partial charge in [0.25, 0.3) is 0 Å². The minimum absolute atomic E-state index is 0.289. The van der Waals surface area contributed by atoms with Crippen molar-refractivity contribution in [2.24, 2.45) is 0 Å². The van der Waals surface area contributed by atoms with Gasteiger partial charge in [0, 0.05) is 0 Å². The maximum absolute atomic E-state index is 12.9. The number of aliphatic hydroxyl groups is 1. The lowest BCUT2D eigenvalue weighted by molar-refractivity contribution is -0.291. The Hall–Kier alpha value is -1.63. The smallest absolute Gasteiger partial charge is 0.411 e. The SMILES string of the molecule is CC(C)(C)OC(=O)N1[C@@H]2COC(C)(C)O[C@H]2[C@@H](O)[C@@H]1c1ccccc1. The predicted octanol–water partition coefficient (Wildman–Crippen LogP) is 2.86. The van der Waals surface area contributed by atoms with Gasteiger partial charge in [-0.2, -0.15) is 0 Å². The molecule has 2 heterocycles. The third kappa shape index (κ3) is 3.66. The third-order valence-electron chi connectivity index (χ3n) is 4.46. The number of likely N-dealkylation sites (tertiary alicyclic amines) is 1. The molecule has 0 bridgehead atoms. The van der Waals surface area contributed by atoms with Crippen molar-refractivity contribution in [2.45, 2.75) is 70.3 Å². The number of carbonyl (C=O) groups is 1. The van der Waals surface area contributed by atoms with Crippen molar-refractivity contribution in [3.05, 3.63) is 35.9 Å². The number of hydrogen-bond acceptors (Lipinski definition) is 5. The second-order valence-electron chi connectivity index (χ2n) is 8.09. The standard InChI is InChI=1S/C19H27NO5/c1-18(2,3)25-17(22)20-13-11-23-19(4,5)24-16(13)15(21)14(20)12-9-7-6-8-10-12/h6-10,13-16,21H,11H2,1-5H3/t13-,14+,15+,16-/m1/s1. The number of aliphatic hydroxyl groups excluding tert-OH is 1. The first kappa shape index (κ1) is 18.2. The number of nitrogens with zero attached hydrogens (tertiary/aromatic N) is 1. The fraction of sp³-hybridized carbons (Fsp3) is 0.632. The molecule has 6 heteroatoms. The summed E-state index contributed by atoms with van der Waals surface area (Å²) in [5.74, 6) is -0.798. The number of amides is 1. The van der Waals surface area contributed by atoms with Crippen molar-refractivity contribution in [1.82, 2.24) is 4.90 Å². The van der Waals surface area contributed by atoms with E-state index in [2.05, 4.69) is 0 Å². The highest BCUT2D eigenvalue weighted by molar-refractivity contribution is 5.70. The second-order valence-corrected chi connectivity index (χ2v) is 8.09. The highest BCUT2D eigenvalue weighted by Gasteiger charge is 2.56. The summed E-state index contributed by atoms with van der Waals surface area (Å²) in [6.45, 7) is 9.38. The van der Waals surface area contributed by atoms with Crippen LogP contribution in [0.2, 0.25) is 0 Å². The molecule has 0 saturated carbocycles. The van der Waals surface area contributed by atoms with Crippen LogP contribution in [0.3, 0.4) is 0 Å². The van der Waals surface area contributed by atoms with Crippen LogP contribution < -0.4 is 0 Å². The zero-order valence-electron chi connectivity index (χ0n) is 15.4. The summed E-state index contributed by atoms with van der Waals surface area (Å²) in [6.07, 6.45) is -1.86. The lowest BCUT2D eigenvalue weighted by Gasteiger charge is -2.40. The van der Waals surface area contributed by atoms with Crippen LogP contribution in [0.4, 0.5) is 4.79 Å². The van der Waals surface area contributed by atoms with Gasteiger partial charge in [-0.15, -0.1) is 0 Å². The van der Waals surface area contributed by atoms with Gasteiger partial charge >= 0.3 is 6.09 Å². The number of carbonyl (C=O) groups excluding carboxylic acids is 1. The molecule has 1 aromatic rings. The molecule has 1 aromatic carbocycles. The summed E-state index contributed by atoms with van der Waals surface area (Å²) in [6, 6.07) is 8.53. The van der Waals surface area contributed by atoms with Crippen molar-refractivity contribution < 1.29 is 24.1 Å². The van der Waals surface area contributed by atoms with E-state index in [9.17, 15) is 9.90 Å². The average molecular weight is 349 g/mol. The van der Waals surface area contributed by atoms with Gasteiger partial charge in [-0.3, -0.25) is 4.90 Å². The molecular formula is C19H27NO5. The van der Waals surface area contributed by atoms with Gasteiger partial charge in [-0.25, -0.2) is 4.79 Å². The van der Waals surface area contributed by atoms with E-state index in [1.54, 1.807) is 4.90 Å². The minimum Gasteiger partial charge on any atom is -0.444 e. The Labute approximate surface area is 148 Å². The first-order valence-corrected chi connectivity index (χ1v) is 8.65. The van der Waals surface area contributed by atoms with Crippen LogP contribution in [0.15, 0.2) is 30.3 Å². The molecule has 0 aromatic heterocycles. The summed E-state index contributed by atoms with van der Waals surface area (Å²) in [5, 5.41) is 11.0. The van der Waals surface area contributed by atoms with E-state index < -0.39 is 41.8 Å². The molecule has 0 unspecified atom stereocenters. The predicted molar refractivity (Wildman–Crippen MR) is 92.0 cm³/mol. The Morgan fingerprint density at radius 1 is 1.28 bits per heavy atom. The van der Waals surface area contributed by atoms with E-state index in [0.717, 1.165) is 5.56 Å². The number of benzene rings is 1. The summed E-state index contributed by atoms with van der Waals surface area (Å²) in [4.78, 5) is 14.5. The van der Waals surface area contributed by atoms with Crippen LogP contribution in [0, 0.1) is 0 Å². The Morgan fingerprint density at radius 3 is 2.52 bits per heavy atom. The molecule has 3 rings (SSSR count). The molecule has 0 radical (unpaired) electrons. The van der Waals surface area contributed by atoms with Crippen LogP contribution in [0.1, 0.15) is 46.2 Å². The summed E-state index contributed by atoms with van der Waals surface area (Å²) >= 11 is 0. The van der Waals surface area contributed by atoms with Crippen LogP contribution >= 0.6 is 0 Å². The van der Waals surface area contributed by atoms with Crippen molar-refractivity contribution in [1.29, 1.82) is 0 Å². The molecule has 2 saturated heterocycles. The van der Waals surface area contributed by atoms with E-state index >= 15 is 0 Å². The molecule has 2 fully saturated rings. The molecule has 1 amide bonds. The lowest BCUT2D eigenvalue weighted by Crippen LogP contribution is -2.54. The van der Waals surface area contributed by atoms with E-state index in [1.807, 2.05) is 65.0 Å². The van der Waals surface area contributed by atoms with E-state index in [4.69, 9.17) is 14.2 Å².